The number of aromatic hydroxyl groups is 2. The van der Waals surface area contributed by atoms with E-state index in [1.165, 1.54) is 24.7 Å². The summed E-state index contributed by atoms with van der Waals surface area (Å²) < 4.78 is 0. The zero-order chi connectivity index (χ0) is 15.4. The van der Waals surface area contributed by atoms with Gasteiger partial charge in [-0.05, 0) is 12.1 Å². The number of H-pyrrole nitrogens is 1. The summed E-state index contributed by atoms with van der Waals surface area (Å²) in [6.07, 6.45) is 2.89. The van der Waals surface area contributed by atoms with E-state index >= 15 is 0 Å². The number of nitrogens with one attached hydrogen (secondary N) is 2. The number of aromatic nitrogens is 2. The summed E-state index contributed by atoms with van der Waals surface area (Å²) in [5.74, 6) is -2.59. The highest BCUT2D eigenvalue weighted by atomic mass is 16.4. The van der Waals surface area contributed by atoms with E-state index in [1.54, 1.807) is 0 Å². The number of hydrogen-bond donors (Lipinski definition) is 5. The molecular weight excluding hydrogens is 278 g/mol. The molecule has 21 heavy (non-hydrogen) atoms. The first-order valence-corrected chi connectivity index (χ1v) is 6.00. The van der Waals surface area contributed by atoms with Crippen LogP contribution in [0.25, 0.3) is 0 Å². The molecule has 1 aromatic heterocycles. The van der Waals surface area contributed by atoms with Crippen LogP contribution in [0.2, 0.25) is 0 Å². The molecule has 0 bridgehead atoms. The van der Waals surface area contributed by atoms with Crippen LogP contribution in [0.3, 0.4) is 0 Å². The van der Waals surface area contributed by atoms with Crippen molar-refractivity contribution in [3.05, 3.63) is 42.0 Å². The van der Waals surface area contributed by atoms with Gasteiger partial charge in [0.1, 0.15) is 17.5 Å². The lowest BCUT2D eigenvalue weighted by atomic mass is 10.1. The number of aromatic amines is 1. The Hall–Kier alpha value is -3.03. The van der Waals surface area contributed by atoms with Crippen LogP contribution in [0.5, 0.6) is 11.5 Å². The predicted octanol–water partition coefficient (Wildman–Crippen LogP) is 0.247. The monoisotopic (exact) mass is 291 g/mol. The molecule has 1 atom stereocenters. The molecule has 0 unspecified atom stereocenters. The van der Waals surface area contributed by atoms with Gasteiger partial charge in [0, 0.05) is 24.4 Å². The average molecular weight is 291 g/mol. The minimum Gasteiger partial charge on any atom is -0.508 e. The van der Waals surface area contributed by atoms with Crippen molar-refractivity contribution in [1.29, 1.82) is 0 Å². The molecule has 0 aliphatic carbocycles. The molecule has 2 aromatic rings. The van der Waals surface area contributed by atoms with Crippen LogP contribution >= 0.6 is 0 Å². The van der Waals surface area contributed by atoms with Gasteiger partial charge in [-0.2, -0.15) is 0 Å². The third kappa shape index (κ3) is 3.50. The van der Waals surface area contributed by atoms with Crippen molar-refractivity contribution in [3.63, 3.8) is 0 Å². The van der Waals surface area contributed by atoms with Gasteiger partial charge in [0.15, 0.2) is 0 Å². The van der Waals surface area contributed by atoms with E-state index in [0.717, 1.165) is 6.07 Å². The topological polar surface area (TPSA) is 136 Å². The van der Waals surface area contributed by atoms with Crippen molar-refractivity contribution in [3.8, 4) is 11.5 Å². The molecule has 8 heteroatoms. The SMILES string of the molecule is O=C(N[C@@H](Cc1cnc[nH]1)C(=O)O)c1ccc(O)cc1O. The number of imidazole rings is 1. The van der Waals surface area contributed by atoms with E-state index in [1.807, 2.05) is 0 Å². The van der Waals surface area contributed by atoms with Crippen molar-refractivity contribution < 1.29 is 24.9 Å². The van der Waals surface area contributed by atoms with E-state index in [4.69, 9.17) is 10.2 Å². The lowest BCUT2D eigenvalue weighted by Gasteiger charge is -2.14. The number of carbonyl (C=O) groups excluding carboxylic acids is 1. The van der Waals surface area contributed by atoms with Gasteiger partial charge in [0.2, 0.25) is 0 Å². The molecule has 0 aliphatic heterocycles. The average Bonchev–Trinajstić information content (AvgIpc) is 2.90. The quantitative estimate of drug-likeness (QED) is 0.535. The second-order valence-electron chi connectivity index (χ2n) is 4.35. The predicted molar refractivity (Wildman–Crippen MR) is 71.0 cm³/mol. The van der Waals surface area contributed by atoms with Crippen molar-refractivity contribution in [2.45, 2.75) is 12.5 Å². The summed E-state index contributed by atoms with van der Waals surface area (Å²) in [4.78, 5) is 29.7. The van der Waals surface area contributed by atoms with E-state index in [0.29, 0.717) is 5.69 Å². The number of carboxylic acid groups (broad SMARTS) is 1. The summed E-state index contributed by atoms with van der Waals surface area (Å²) in [7, 11) is 0. The van der Waals surface area contributed by atoms with Gasteiger partial charge < -0.3 is 25.6 Å². The standard InChI is InChI=1S/C13H13N3O5/c17-8-1-2-9(11(18)4-8)12(19)16-10(13(20)21)3-7-5-14-6-15-7/h1-2,4-6,10,17-18H,3H2,(H,14,15)(H,16,19)(H,20,21)/t10-/m0/s1. The number of hydrogen-bond acceptors (Lipinski definition) is 5. The number of nitrogens with zero attached hydrogens (tertiary/aromatic N) is 1. The zero-order valence-electron chi connectivity index (χ0n) is 10.8. The molecule has 1 amide bonds. The Morgan fingerprint density at radius 3 is 2.67 bits per heavy atom. The number of benzene rings is 1. The minimum absolute atomic E-state index is 0.0277. The second-order valence-corrected chi connectivity index (χ2v) is 4.35. The van der Waals surface area contributed by atoms with Gasteiger partial charge in [-0.1, -0.05) is 0 Å². The molecule has 1 heterocycles. The molecule has 0 saturated heterocycles. The van der Waals surface area contributed by atoms with Crippen LogP contribution in [-0.2, 0) is 11.2 Å². The van der Waals surface area contributed by atoms with Crippen molar-refractivity contribution in [2.75, 3.05) is 0 Å². The van der Waals surface area contributed by atoms with E-state index in [9.17, 15) is 14.7 Å². The van der Waals surface area contributed by atoms with Crippen molar-refractivity contribution in [1.82, 2.24) is 15.3 Å². The smallest absolute Gasteiger partial charge is 0.326 e. The molecular formula is C13H13N3O5. The first-order chi connectivity index (χ1) is 9.97. The summed E-state index contributed by atoms with van der Waals surface area (Å²) in [5.41, 5.74) is 0.432. The highest BCUT2D eigenvalue weighted by Crippen LogP contribution is 2.22. The Bertz CT molecular complexity index is 654. The summed E-state index contributed by atoms with van der Waals surface area (Å²) in [5, 5.41) is 30.2. The summed E-state index contributed by atoms with van der Waals surface area (Å²) in [6, 6.07) is 2.25. The van der Waals surface area contributed by atoms with Crippen LogP contribution in [0, 0.1) is 0 Å². The van der Waals surface area contributed by atoms with Crippen LogP contribution < -0.4 is 5.32 Å². The third-order valence-corrected chi connectivity index (χ3v) is 2.81. The maximum absolute atomic E-state index is 12.0. The number of carbonyl (C=O) groups is 2. The number of carboxylic acids is 1. The maximum atomic E-state index is 12.0. The van der Waals surface area contributed by atoms with Crippen LogP contribution in [0.15, 0.2) is 30.7 Å². The fourth-order valence-corrected chi connectivity index (χ4v) is 1.76. The number of aliphatic carboxylic acids is 1. The van der Waals surface area contributed by atoms with Gasteiger partial charge >= 0.3 is 5.97 Å². The first-order valence-electron chi connectivity index (χ1n) is 6.00. The minimum atomic E-state index is -1.21. The maximum Gasteiger partial charge on any atom is 0.326 e. The van der Waals surface area contributed by atoms with Crippen LogP contribution in [0.1, 0.15) is 16.1 Å². The Morgan fingerprint density at radius 1 is 1.33 bits per heavy atom. The Balaban J connectivity index is 2.12. The zero-order valence-corrected chi connectivity index (χ0v) is 10.8. The molecule has 110 valence electrons. The summed E-state index contributed by atoms with van der Waals surface area (Å²) >= 11 is 0. The molecule has 5 N–H and O–H groups in total. The third-order valence-electron chi connectivity index (χ3n) is 2.81. The number of amides is 1. The van der Waals surface area contributed by atoms with E-state index in [-0.39, 0.29) is 17.7 Å². The normalized spacial score (nSPS) is 11.8. The molecule has 1 aromatic carbocycles. The Labute approximate surface area is 119 Å². The summed E-state index contributed by atoms with van der Waals surface area (Å²) in [6.45, 7) is 0. The van der Waals surface area contributed by atoms with Gasteiger partial charge in [-0.25, -0.2) is 9.78 Å². The molecule has 0 spiro atoms. The van der Waals surface area contributed by atoms with Crippen LogP contribution in [-0.4, -0.2) is 43.2 Å². The van der Waals surface area contributed by atoms with Crippen molar-refractivity contribution >= 4 is 11.9 Å². The number of phenolic OH excluding ortho intramolecular Hbond substituents is 2. The fourth-order valence-electron chi connectivity index (χ4n) is 1.76. The molecule has 0 fully saturated rings. The van der Waals surface area contributed by atoms with Gasteiger partial charge in [-0.3, -0.25) is 4.79 Å². The van der Waals surface area contributed by atoms with Gasteiger partial charge in [0.25, 0.3) is 5.91 Å². The second kappa shape index (κ2) is 5.95. The molecule has 8 nitrogen and oxygen atoms in total. The molecule has 2 rings (SSSR count). The van der Waals surface area contributed by atoms with Gasteiger partial charge in [0.05, 0.1) is 11.9 Å². The molecule has 0 saturated carbocycles. The Kier molecular flexibility index (Phi) is 4.07. The van der Waals surface area contributed by atoms with E-state index in [2.05, 4.69) is 15.3 Å². The fraction of sp³-hybridized carbons (Fsp3) is 0.154. The first kappa shape index (κ1) is 14.4. The number of rotatable bonds is 5. The van der Waals surface area contributed by atoms with E-state index < -0.39 is 23.7 Å². The van der Waals surface area contributed by atoms with Crippen molar-refractivity contribution in [2.24, 2.45) is 0 Å². The van der Waals surface area contributed by atoms with Crippen LogP contribution in [0.4, 0.5) is 0 Å². The lowest BCUT2D eigenvalue weighted by Crippen LogP contribution is -2.42. The molecule has 0 radical (unpaired) electrons. The highest BCUT2D eigenvalue weighted by Gasteiger charge is 2.23. The Morgan fingerprint density at radius 2 is 2.10 bits per heavy atom. The molecule has 0 aliphatic rings. The highest BCUT2D eigenvalue weighted by molar-refractivity contribution is 5.99. The largest absolute Gasteiger partial charge is 0.508 e. The number of phenols is 2. The van der Waals surface area contributed by atoms with Gasteiger partial charge in [-0.15, -0.1) is 0 Å². The lowest BCUT2D eigenvalue weighted by molar-refractivity contribution is -0.139.